The topological polar surface area (TPSA) is 52.1 Å². The molecule has 0 aliphatic carbocycles. The highest BCUT2D eigenvalue weighted by Gasteiger charge is 2.04. The number of carbonyl (C=O) groups excluding carboxylic acids is 1. The lowest BCUT2D eigenvalue weighted by atomic mass is 10.2. The first-order chi connectivity index (χ1) is 6.34. The van der Waals surface area contributed by atoms with Crippen LogP contribution >= 0.6 is 0 Å². The third-order valence-electron chi connectivity index (χ3n) is 1.49. The summed E-state index contributed by atoms with van der Waals surface area (Å²) in [6.07, 6.45) is 3.85. The van der Waals surface area contributed by atoms with Gasteiger partial charge in [0.25, 0.3) is 0 Å². The predicted octanol–water partition coefficient (Wildman–Crippen LogP) is 1.09. The second kappa shape index (κ2) is 5.37. The van der Waals surface area contributed by atoms with Crippen molar-refractivity contribution in [2.45, 2.75) is 13.3 Å². The van der Waals surface area contributed by atoms with Crippen LogP contribution in [0.2, 0.25) is 0 Å². The number of hydrogen-bond acceptors (Lipinski definition) is 4. The Morgan fingerprint density at radius 2 is 2.38 bits per heavy atom. The minimum atomic E-state index is -0.0525. The maximum atomic E-state index is 11.3. The number of Topliss-reactive ketones (excluding diaryl/α,β-unsaturated/α-hetero) is 1. The maximum absolute atomic E-state index is 11.3. The fourth-order valence-corrected chi connectivity index (χ4v) is 0.848. The second-order valence-electron chi connectivity index (χ2n) is 2.61. The summed E-state index contributed by atoms with van der Waals surface area (Å²) >= 11 is 0. The summed E-state index contributed by atoms with van der Waals surface area (Å²) < 4.78 is 5.10. The summed E-state index contributed by atoms with van der Waals surface area (Å²) in [4.78, 5) is 11.3. The molecule has 0 saturated heterocycles. The van der Waals surface area contributed by atoms with Gasteiger partial charge in [-0.05, 0) is 12.5 Å². The smallest absolute Gasteiger partial charge is 0.190 e. The van der Waals surface area contributed by atoms with E-state index in [4.69, 9.17) is 4.74 Å². The Morgan fingerprint density at radius 3 is 3.00 bits per heavy atom. The Hall–Kier alpha value is -1.29. The molecule has 4 nitrogen and oxygen atoms in total. The SMILES string of the molecule is CCCOCC(=O)c1ccnnc1. The van der Waals surface area contributed by atoms with Crippen LogP contribution in [0.15, 0.2) is 18.5 Å². The summed E-state index contributed by atoms with van der Waals surface area (Å²) in [5.41, 5.74) is 0.547. The van der Waals surface area contributed by atoms with Gasteiger partial charge >= 0.3 is 0 Å². The van der Waals surface area contributed by atoms with Crippen molar-refractivity contribution in [3.63, 3.8) is 0 Å². The average molecular weight is 180 g/mol. The van der Waals surface area contributed by atoms with Crippen molar-refractivity contribution in [2.24, 2.45) is 0 Å². The van der Waals surface area contributed by atoms with E-state index in [0.29, 0.717) is 12.2 Å². The van der Waals surface area contributed by atoms with E-state index in [9.17, 15) is 4.79 Å². The van der Waals surface area contributed by atoms with Crippen molar-refractivity contribution in [1.82, 2.24) is 10.2 Å². The molecule has 0 spiro atoms. The van der Waals surface area contributed by atoms with Gasteiger partial charge in [0.2, 0.25) is 0 Å². The summed E-state index contributed by atoms with van der Waals surface area (Å²) in [5, 5.41) is 7.19. The van der Waals surface area contributed by atoms with Crippen LogP contribution in [0, 0.1) is 0 Å². The van der Waals surface area contributed by atoms with E-state index in [1.54, 1.807) is 6.07 Å². The second-order valence-corrected chi connectivity index (χ2v) is 2.61. The van der Waals surface area contributed by atoms with Gasteiger partial charge in [0.15, 0.2) is 5.78 Å². The molecule has 1 aromatic rings. The van der Waals surface area contributed by atoms with Gasteiger partial charge in [-0.15, -0.1) is 0 Å². The lowest BCUT2D eigenvalue weighted by Crippen LogP contribution is -2.09. The third-order valence-corrected chi connectivity index (χ3v) is 1.49. The summed E-state index contributed by atoms with van der Waals surface area (Å²) in [6.45, 7) is 2.74. The van der Waals surface area contributed by atoms with Gasteiger partial charge in [-0.1, -0.05) is 6.92 Å². The Bertz CT molecular complexity index is 262. The molecule has 0 fully saturated rings. The van der Waals surface area contributed by atoms with Crippen LogP contribution in [-0.4, -0.2) is 29.2 Å². The zero-order valence-corrected chi connectivity index (χ0v) is 7.56. The number of ether oxygens (including phenoxy) is 1. The van der Waals surface area contributed by atoms with E-state index in [2.05, 4.69) is 10.2 Å². The maximum Gasteiger partial charge on any atom is 0.190 e. The van der Waals surface area contributed by atoms with E-state index >= 15 is 0 Å². The summed E-state index contributed by atoms with van der Waals surface area (Å²) in [5.74, 6) is -0.0525. The molecule has 0 atom stereocenters. The molecule has 0 unspecified atom stereocenters. The first-order valence-electron chi connectivity index (χ1n) is 4.22. The van der Waals surface area contributed by atoms with Crippen molar-refractivity contribution in [3.05, 3.63) is 24.0 Å². The number of rotatable bonds is 5. The largest absolute Gasteiger partial charge is 0.373 e. The Kier molecular flexibility index (Phi) is 4.05. The van der Waals surface area contributed by atoms with Crippen LogP contribution in [0.4, 0.5) is 0 Å². The van der Waals surface area contributed by atoms with Crippen molar-refractivity contribution in [3.8, 4) is 0 Å². The van der Waals surface area contributed by atoms with Gasteiger partial charge in [-0.2, -0.15) is 10.2 Å². The van der Waals surface area contributed by atoms with Crippen molar-refractivity contribution >= 4 is 5.78 Å². The molecule has 0 bridgehead atoms. The van der Waals surface area contributed by atoms with E-state index in [1.165, 1.54) is 12.4 Å². The third kappa shape index (κ3) is 3.29. The van der Waals surface area contributed by atoms with Gasteiger partial charge in [-0.25, -0.2) is 0 Å². The molecule has 0 aromatic carbocycles. The number of nitrogens with zero attached hydrogens (tertiary/aromatic N) is 2. The summed E-state index contributed by atoms with van der Waals surface area (Å²) in [6, 6.07) is 1.63. The molecule has 4 heteroatoms. The zero-order chi connectivity index (χ0) is 9.52. The average Bonchev–Trinajstić information content (AvgIpc) is 2.19. The van der Waals surface area contributed by atoms with Gasteiger partial charge in [0.1, 0.15) is 6.61 Å². The Labute approximate surface area is 76.9 Å². The lowest BCUT2D eigenvalue weighted by Gasteiger charge is -2.00. The standard InChI is InChI=1S/C9H12N2O2/c1-2-5-13-7-9(12)8-3-4-10-11-6-8/h3-4,6H,2,5,7H2,1H3. The molecular weight excluding hydrogens is 168 g/mol. The highest BCUT2D eigenvalue weighted by molar-refractivity contribution is 5.96. The van der Waals surface area contributed by atoms with E-state index in [-0.39, 0.29) is 12.4 Å². The quantitative estimate of drug-likeness (QED) is 0.502. The van der Waals surface area contributed by atoms with Crippen molar-refractivity contribution in [1.29, 1.82) is 0 Å². The molecule has 0 saturated carbocycles. The van der Waals surface area contributed by atoms with Crippen molar-refractivity contribution < 1.29 is 9.53 Å². The fraction of sp³-hybridized carbons (Fsp3) is 0.444. The van der Waals surface area contributed by atoms with Gasteiger partial charge in [0.05, 0.1) is 12.4 Å². The van der Waals surface area contributed by atoms with Crippen LogP contribution in [0.1, 0.15) is 23.7 Å². The number of hydrogen-bond donors (Lipinski definition) is 0. The Morgan fingerprint density at radius 1 is 1.54 bits per heavy atom. The molecular formula is C9H12N2O2. The first-order valence-corrected chi connectivity index (χ1v) is 4.22. The molecule has 0 radical (unpaired) electrons. The molecule has 1 heterocycles. The minimum Gasteiger partial charge on any atom is -0.373 e. The van der Waals surface area contributed by atoms with E-state index in [0.717, 1.165) is 6.42 Å². The minimum absolute atomic E-state index is 0.0525. The molecule has 1 aromatic heterocycles. The van der Waals surface area contributed by atoms with Crippen LogP contribution in [-0.2, 0) is 4.74 Å². The number of carbonyl (C=O) groups is 1. The van der Waals surface area contributed by atoms with Crippen LogP contribution in [0.25, 0.3) is 0 Å². The zero-order valence-electron chi connectivity index (χ0n) is 7.56. The van der Waals surface area contributed by atoms with Crippen LogP contribution in [0.3, 0.4) is 0 Å². The highest BCUT2D eigenvalue weighted by atomic mass is 16.5. The summed E-state index contributed by atoms with van der Waals surface area (Å²) in [7, 11) is 0. The Balaban J connectivity index is 2.40. The normalized spacial score (nSPS) is 9.92. The number of ketones is 1. The number of aromatic nitrogens is 2. The molecule has 0 amide bonds. The van der Waals surface area contributed by atoms with Crippen LogP contribution < -0.4 is 0 Å². The molecule has 13 heavy (non-hydrogen) atoms. The van der Waals surface area contributed by atoms with E-state index < -0.39 is 0 Å². The molecule has 0 aliphatic rings. The van der Waals surface area contributed by atoms with Gasteiger partial charge < -0.3 is 4.74 Å². The van der Waals surface area contributed by atoms with E-state index in [1.807, 2.05) is 6.92 Å². The fourth-order valence-electron chi connectivity index (χ4n) is 0.848. The molecule has 1 rings (SSSR count). The van der Waals surface area contributed by atoms with Crippen LogP contribution in [0.5, 0.6) is 0 Å². The monoisotopic (exact) mass is 180 g/mol. The highest BCUT2D eigenvalue weighted by Crippen LogP contribution is 1.96. The molecule has 0 aliphatic heterocycles. The molecule has 0 N–H and O–H groups in total. The van der Waals surface area contributed by atoms with Gasteiger partial charge in [-0.3, -0.25) is 4.79 Å². The predicted molar refractivity (Wildman–Crippen MR) is 47.5 cm³/mol. The van der Waals surface area contributed by atoms with Crippen molar-refractivity contribution in [2.75, 3.05) is 13.2 Å². The molecule has 70 valence electrons. The van der Waals surface area contributed by atoms with Gasteiger partial charge in [0, 0.05) is 12.2 Å². The lowest BCUT2D eigenvalue weighted by molar-refractivity contribution is 0.0761. The first kappa shape index (κ1) is 9.80.